The number of aromatic nitrogens is 1. The lowest BCUT2D eigenvalue weighted by Gasteiger charge is -2.21. The Balaban J connectivity index is 3.11. The van der Waals surface area contributed by atoms with Gasteiger partial charge in [-0.05, 0) is 33.8 Å². The minimum absolute atomic E-state index is 0.0124. The first-order chi connectivity index (χ1) is 7.83. The third-order valence-corrected chi connectivity index (χ3v) is 1.92. The van der Waals surface area contributed by atoms with Crippen molar-refractivity contribution in [1.82, 2.24) is 4.98 Å². The number of anilines is 2. The number of nitrogens with zero attached hydrogens (tertiary/aromatic N) is 2. The van der Waals surface area contributed by atoms with Crippen LogP contribution in [0.2, 0.25) is 0 Å². The van der Waals surface area contributed by atoms with Crippen molar-refractivity contribution in [3.63, 3.8) is 0 Å². The van der Waals surface area contributed by atoms with E-state index in [-0.39, 0.29) is 11.2 Å². The van der Waals surface area contributed by atoms with Gasteiger partial charge < -0.3 is 10.6 Å². The van der Waals surface area contributed by atoms with Gasteiger partial charge in [0.15, 0.2) is 0 Å². The summed E-state index contributed by atoms with van der Waals surface area (Å²) in [6.45, 7) is 8.45. The van der Waals surface area contributed by atoms with E-state index >= 15 is 0 Å². The maximum Gasteiger partial charge on any atom is 0.311 e. The first-order valence-corrected chi connectivity index (χ1v) is 5.51. The largest absolute Gasteiger partial charge is 0.370 e. The van der Waals surface area contributed by atoms with Gasteiger partial charge in [0.05, 0.1) is 4.92 Å². The van der Waals surface area contributed by atoms with Crippen LogP contribution in [0.15, 0.2) is 12.1 Å². The van der Waals surface area contributed by atoms with Crippen molar-refractivity contribution in [2.45, 2.75) is 33.2 Å². The highest BCUT2D eigenvalue weighted by atomic mass is 16.6. The average Bonchev–Trinajstić information content (AvgIpc) is 2.15. The maximum absolute atomic E-state index is 10.9. The third-order valence-electron chi connectivity index (χ3n) is 1.92. The molecule has 0 unspecified atom stereocenters. The summed E-state index contributed by atoms with van der Waals surface area (Å²) in [4.78, 5) is 14.7. The monoisotopic (exact) mass is 238 g/mol. The molecule has 0 radical (unpaired) electrons. The molecule has 0 saturated heterocycles. The predicted molar refractivity (Wildman–Crippen MR) is 68.4 cm³/mol. The van der Waals surface area contributed by atoms with Gasteiger partial charge in [0, 0.05) is 18.2 Å². The molecular formula is C11H18N4O2. The zero-order valence-corrected chi connectivity index (χ0v) is 10.6. The molecule has 6 heteroatoms. The smallest absolute Gasteiger partial charge is 0.311 e. The van der Waals surface area contributed by atoms with Crippen LogP contribution in [0.5, 0.6) is 0 Å². The van der Waals surface area contributed by atoms with Crippen LogP contribution in [0.1, 0.15) is 27.7 Å². The molecule has 0 aliphatic rings. The van der Waals surface area contributed by atoms with Crippen LogP contribution < -0.4 is 10.6 Å². The van der Waals surface area contributed by atoms with Crippen molar-refractivity contribution in [3.8, 4) is 0 Å². The van der Waals surface area contributed by atoms with E-state index in [4.69, 9.17) is 0 Å². The lowest BCUT2D eigenvalue weighted by atomic mass is 10.1. The molecule has 0 aliphatic carbocycles. The van der Waals surface area contributed by atoms with Crippen molar-refractivity contribution in [2.24, 2.45) is 0 Å². The zero-order valence-electron chi connectivity index (χ0n) is 10.6. The van der Waals surface area contributed by atoms with Gasteiger partial charge in [-0.15, -0.1) is 0 Å². The minimum atomic E-state index is -0.434. The van der Waals surface area contributed by atoms with Crippen LogP contribution in [0, 0.1) is 10.1 Å². The molecule has 0 fully saturated rings. The lowest BCUT2D eigenvalue weighted by Crippen LogP contribution is -2.27. The normalized spacial score (nSPS) is 11.1. The fraction of sp³-hybridized carbons (Fsp3) is 0.545. The summed E-state index contributed by atoms with van der Waals surface area (Å²) < 4.78 is 0. The number of pyridine rings is 1. The molecule has 0 amide bonds. The third kappa shape index (κ3) is 3.90. The number of nitrogens with one attached hydrogen (secondary N) is 2. The first kappa shape index (κ1) is 13.2. The van der Waals surface area contributed by atoms with Gasteiger partial charge in [-0.25, -0.2) is 4.98 Å². The summed E-state index contributed by atoms with van der Waals surface area (Å²) in [5.74, 6) is 0.922. The van der Waals surface area contributed by atoms with Crippen LogP contribution in [0.3, 0.4) is 0 Å². The van der Waals surface area contributed by atoms with E-state index in [1.54, 1.807) is 6.07 Å². The Hall–Kier alpha value is -1.85. The van der Waals surface area contributed by atoms with Crippen LogP contribution in [-0.2, 0) is 0 Å². The number of hydrogen-bond acceptors (Lipinski definition) is 5. The summed E-state index contributed by atoms with van der Waals surface area (Å²) in [5.41, 5.74) is -0.288. The molecule has 6 nitrogen and oxygen atoms in total. The summed E-state index contributed by atoms with van der Waals surface area (Å²) in [7, 11) is 0. The SMILES string of the molecule is CCNc1ccc([N+](=O)[O-])c(NC(C)(C)C)n1. The highest BCUT2D eigenvalue weighted by Crippen LogP contribution is 2.26. The fourth-order valence-electron chi connectivity index (χ4n) is 1.33. The summed E-state index contributed by atoms with van der Waals surface area (Å²) in [6, 6.07) is 3.06. The number of hydrogen-bond donors (Lipinski definition) is 2. The van der Waals surface area contributed by atoms with E-state index in [1.807, 2.05) is 27.7 Å². The van der Waals surface area contributed by atoms with Gasteiger partial charge >= 0.3 is 5.69 Å². The Morgan fingerprint density at radius 3 is 2.53 bits per heavy atom. The van der Waals surface area contributed by atoms with Gasteiger partial charge in [0.25, 0.3) is 0 Å². The Morgan fingerprint density at radius 1 is 1.41 bits per heavy atom. The molecule has 1 heterocycles. The van der Waals surface area contributed by atoms with Crippen molar-refractivity contribution in [3.05, 3.63) is 22.2 Å². The summed E-state index contributed by atoms with van der Waals surface area (Å²) >= 11 is 0. The lowest BCUT2D eigenvalue weighted by molar-refractivity contribution is -0.384. The highest BCUT2D eigenvalue weighted by molar-refractivity contribution is 5.61. The van der Waals surface area contributed by atoms with Crippen molar-refractivity contribution in [1.29, 1.82) is 0 Å². The number of nitro groups is 1. The second-order valence-corrected chi connectivity index (χ2v) is 4.73. The van der Waals surface area contributed by atoms with E-state index in [0.29, 0.717) is 11.6 Å². The molecule has 0 aromatic carbocycles. The van der Waals surface area contributed by atoms with Crippen LogP contribution >= 0.6 is 0 Å². The minimum Gasteiger partial charge on any atom is -0.370 e. The molecule has 0 saturated carbocycles. The van der Waals surface area contributed by atoms with Crippen molar-refractivity contribution >= 4 is 17.3 Å². The molecule has 0 atom stereocenters. The average molecular weight is 238 g/mol. The van der Waals surface area contributed by atoms with Gasteiger partial charge in [-0.3, -0.25) is 10.1 Å². The molecule has 1 aromatic heterocycles. The molecule has 1 aromatic rings. The van der Waals surface area contributed by atoms with Gasteiger partial charge in [-0.2, -0.15) is 0 Å². The van der Waals surface area contributed by atoms with E-state index in [0.717, 1.165) is 6.54 Å². The molecule has 0 aliphatic heterocycles. The maximum atomic E-state index is 10.9. The summed E-state index contributed by atoms with van der Waals surface area (Å²) in [6.07, 6.45) is 0. The second-order valence-electron chi connectivity index (χ2n) is 4.73. The molecule has 94 valence electrons. The van der Waals surface area contributed by atoms with E-state index in [9.17, 15) is 10.1 Å². The molecular weight excluding hydrogens is 220 g/mol. The highest BCUT2D eigenvalue weighted by Gasteiger charge is 2.20. The van der Waals surface area contributed by atoms with Crippen LogP contribution in [-0.4, -0.2) is 22.0 Å². The van der Waals surface area contributed by atoms with Crippen LogP contribution in [0.4, 0.5) is 17.3 Å². The van der Waals surface area contributed by atoms with Crippen molar-refractivity contribution < 1.29 is 4.92 Å². The van der Waals surface area contributed by atoms with E-state index < -0.39 is 4.92 Å². The fourth-order valence-corrected chi connectivity index (χ4v) is 1.33. The Kier molecular flexibility index (Phi) is 3.88. The van der Waals surface area contributed by atoms with Crippen LogP contribution in [0.25, 0.3) is 0 Å². The van der Waals surface area contributed by atoms with Gasteiger partial charge in [0.2, 0.25) is 5.82 Å². The van der Waals surface area contributed by atoms with E-state index in [1.165, 1.54) is 6.07 Å². The Bertz CT molecular complexity index is 412. The standard InChI is InChI=1S/C11H18N4O2/c1-5-12-9-7-6-8(15(16)17)10(13-9)14-11(2,3)4/h6-7H,5H2,1-4H3,(H2,12,13,14). The molecule has 0 spiro atoms. The quantitative estimate of drug-likeness (QED) is 0.622. The summed E-state index contributed by atoms with van der Waals surface area (Å²) in [5, 5.41) is 16.9. The Morgan fingerprint density at radius 2 is 2.06 bits per heavy atom. The molecule has 2 N–H and O–H groups in total. The molecule has 1 rings (SSSR count). The molecule has 17 heavy (non-hydrogen) atoms. The Labute approximate surface area is 101 Å². The zero-order chi connectivity index (χ0) is 13.1. The van der Waals surface area contributed by atoms with E-state index in [2.05, 4.69) is 15.6 Å². The van der Waals surface area contributed by atoms with Gasteiger partial charge in [0.1, 0.15) is 5.82 Å². The topological polar surface area (TPSA) is 80.1 Å². The van der Waals surface area contributed by atoms with Crippen molar-refractivity contribution in [2.75, 3.05) is 17.2 Å². The predicted octanol–water partition coefficient (Wildman–Crippen LogP) is 2.63. The first-order valence-electron chi connectivity index (χ1n) is 5.51. The molecule has 0 bridgehead atoms. The second kappa shape index (κ2) is 4.99. The number of rotatable bonds is 4. The van der Waals surface area contributed by atoms with Gasteiger partial charge in [-0.1, -0.05) is 0 Å².